The summed E-state index contributed by atoms with van der Waals surface area (Å²) >= 11 is 0. The molecule has 12 heavy (non-hydrogen) atoms. The summed E-state index contributed by atoms with van der Waals surface area (Å²) in [6.07, 6.45) is 0. The van der Waals surface area contributed by atoms with Crippen molar-refractivity contribution in [2.45, 2.75) is 0 Å². The van der Waals surface area contributed by atoms with Gasteiger partial charge in [0.25, 0.3) is 7.82 Å². The maximum atomic E-state index is 8.77. The van der Waals surface area contributed by atoms with Gasteiger partial charge in [0.1, 0.15) is 0 Å². The summed E-state index contributed by atoms with van der Waals surface area (Å²) in [7, 11) is -10.1. The predicted molar refractivity (Wildman–Crippen MR) is 22.5 cm³/mol. The van der Waals surface area contributed by atoms with Crippen molar-refractivity contribution in [2.75, 3.05) is 0 Å². The van der Waals surface area contributed by atoms with Crippen LogP contribution in [0.4, 0.5) is 0 Å². The first-order valence-electron chi connectivity index (χ1n) is 1.43. The standard InChI is InChI=1S/K.H3O4P.H2O4S.Zn/c;2*1-5(2,3)4;/h;(H3,1,2,3,4);(H2,1,2,3,4);/q+1;;;+2/p-3. The van der Waals surface area contributed by atoms with Gasteiger partial charge in [-0.05, 0) is 0 Å². The second-order valence-electron chi connectivity index (χ2n) is 0.899. The number of phosphoric acid groups is 1. The van der Waals surface area contributed by atoms with Crippen LogP contribution >= 0.6 is 7.82 Å². The molecule has 0 aliphatic carbocycles. The van der Waals surface area contributed by atoms with Crippen LogP contribution in [0.2, 0.25) is 0 Å². The zero-order valence-electron chi connectivity index (χ0n) is 5.91. The Morgan fingerprint density at radius 3 is 1.17 bits per heavy atom. The molecular weight excluding hydrogens is 296 g/mol. The Morgan fingerprint density at radius 1 is 1.17 bits per heavy atom. The van der Waals surface area contributed by atoms with Crippen LogP contribution in [0, 0.1) is 0 Å². The van der Waals surface area contributed by atoms with E-state index < -0.39 is 18.2 Å². The SMILES string of the molecule is O=P([O-])(O)O.O=S(=O)([O-])[O-].[K+].[Zn+2]. The average Bonchev–Trinajstić information content (AvgIpc) is 1.12. The van der Waals surface area contributed by atoms with E-state index in [0.29, 0.717) is 0 Å². The van der Waals surface area contributed by atoms with Gasteiger partial charge in [-0.1, -0.05) is 0 Å². The molecule has 0 rings (SSSR count). The van der Waals surface area contributed by atoms with E-state index in [1.165, 1.54) is 0 Å². The zero-order chi connectivity index (χ0) is 9.00. The molecule has 0 radical (unpaired) electrons. The first-order chi connectivity index (χ1) is 4.00. The summed E-state index contributed by atoms with van der Waals surface area (Å²) in [6.45, 7) is 0. The third-order valence-corrected chi connectivity index (χ3v) is 0. The molecule has 0 aromatic carbocycles. The Bertz CT molecular complexity index is 197. The number of hydrogen-bond acceptors (Lipinski definition) is 6. The van der Waals surface area contributed by atoms with Crippen molar-refractivity contribution < 1.29 is 108 Å². The molecule has 0 saturated carbocycles. The summed E-state index contributed by atoms with van der Waals surface area (Å²) in [5.74, 6) is 0. The van der Waals surface area contributed by atoms with Gasteiger partial charge in [0, 0.05) is 10.4 Å². The van der Waals surface area contributed by atoms with Crippen molar-refractivity contribution in [3.05, 3.63) is 0 Å². The Morgan fingerprint density at radius 2 is 1.17 bits per heavy atom. The van der Waals surface area contributed by atoms with Crippen molar-refractivity contribution in [1.82, 2.24) is 0 Å². The largest absolute Gasteiger partial charge is 2.00 e. The van der Waals surface area contributed by atoms with E-state index in [0.717, 1.165) is 0 Å². The van der Waals surface area contributed by atoms with Crippen molar-refractivity contribution in [2.24, 2.45) is 0 Å². The Labute approximate surface area is 124 Å². The van der Waals surface area contributed by atoms with E-state index >= 15 is 0 Å². The third-order valence-electron chi connectivity index (χ3n) is 0. The molecule has 0 aliphatic rings. The van der Waals surface area contributed by atoms with Gasteiger partial charge in [0.15, 0.2) is 0 Å². The second-order valence-corrected chi connectivity index (χ2v) is 2.70. The second kappa shape index (κ2) is 9.78. The third kappa shape index (κ3) is 308. The minimum Gasteiger partial charge on any atom is -0.759 e. The monoisotopic (exact) mass is 296 g/mol. The van der Waals surface area contributed by atoms with E-state index in [1.807, 2.05) is 0 Å². The summed E-state index contributed by atoms with van der Waals surface area (Å²) < 4.78 is 42.9. The van der Waals surface area contributed by atoms with Crippen LogP contribution in [-0.2, 0) is 34.4 Å². The van der Waals surface area contributed by atoms with Crippen LogP contribution in [0.25, 0.3) is 0 Å². The molecule has 0 atom stereocenters. The normalized spacial score (nSPS) is 9.75. The molecule has 8 nitrogen and oxygen atoms in total. The molecule has 0 heterocycles. The molecule has 0 aliphatic heterocycles. The molecule has 12 heteroatoms. The van der Waals surface area contributed by atoms with Crippen molar-refractivity contribution in [3.63, 3.8) is 0 Å². The molecule has 0 spiro atoms. The van der Waals surface area contributed by atoms with Crippen LogP contribution in [0.5, 0.6) is 0 Å². The quantitative estimate of drug-likeness (QED) is 0.193. The van der Waals surface area contributed by atoms with Gasteiger partial charge in [0.05, 0.1) is 0 Å². The summed E-state index contributed by atoms with van der Waals surface area (Å²) in [5.41, 5.74) is 0. The minimum atomic E-state index is -5.17. The fraction of sp³-hybridized carbons (Fsp3) is 0. The smallest absolute Gasteiger partial charge is 0.759 e. The summed E-state index contributed by atoms with van der Waals surface area (Å²) in [6, 6.07) is 0. The van der Waals surface area contributed by atoms with E-state index in [2.05, 4.69) is 0 Å². The molecule has 0 saturated heterocycles. The van der Waals surface area contributed by atoms with E-state index in [9.17, 15) is 0 Å². The van der Waals surface area contributed by atoms with E-state index in [4.69, 9.17) is 36.8 Å². The Kier molecular flexibility index (Phi) is 19.4. The maximum absolute atomic E-state index is 8.77. The molecule has 0 bridgehead atoms. The van der Waals surface area contributed by atoms with Gasteiger partial charge < -0.3 is 23.8 Å². The fourth-order valence-electron chi connectivity index (χ4n) is 0. The van der Waals surface area contributed by atoms with Gasteiger partial charge in [-0.3, -0.25) is 13.0 Å². The first kappa shape index (κ1) is 23.8. The Balaban J connectivity index is -0.0000000457. The molecule has 0 aromatic rings. The van der Waals surface area contributed by atoms with Crippen LogP contribution in [0.1, 0.15) is 0 Å². The summed E-state index contributed by atoms with van der Waals surface area (Å²) in [5, 5.41) is 0. The van der Waals surface area contributed by atoms with Gasteiger partial charge in [-0.15, -0.1) is 0 Å². The average molecular weight is 298 g/mol. The molecule has 0 amide bonds. The fourth-order valence-corrected chi connectivity index (χ4v) is 0. The molecule has 2 N–H and O–H groups in total. The topological polar surface area (TPSA) is 161 Å². The van der Waals surface area contributed by atoms with Crippen LogP contribution in [0.3, 0.4) is 0 Å². The van der Waals surface area contributed by atoms with Crippen LogP contribution in [0.15, 0.2) is 0 Å². The Hall–Kier alpha value is 2.24. The van der Waals surface area contributed by atoms with Crippen molar-refractivity contribution >= 4 is 18.2 Å². The first-order valence-corrected chi connectivity index (χ1v) is 4.30. The number of rotatable bonds is 0. The summed E-state index contributed by atoms with van der Waals surface area (Å²) in [4.78, 5) is 22.9. The van der Waals surface area contributed by atoms with Gasteiger partial charge in [-0.25, -0.2) is 0 Å². The van der Waals surface area contributed by atoms with Gasteiger partial charge in [-0.2, -0.15) is 0 Å². The predicted octanol–water partition coefficient (Wildman–Crippen LogP) is -5.90. The number of hydrogen-bond donors (Lipinski definition) is 2. The molecule has 64 valence electrons. The van der Waals surface area contributed by atoms with Crippen molar-refractivity contribution in [1.29, 1.82) is 0 Å². The zero-order valence-corrected chi connectivity index (χ0v) is 13.7. The van der Waals surface area contributed by atoms with E-state index in [-0.39, 0.29) is 70.9 Å². The van der Waals surface area contributed by atoms with Crippen LogP contribution < -0.4 is 56.3 Å². The molecule has 0 fully saturated rings. The molecular formula is H2KO8PSZn. The minimum absolute atomic E-state index is 0. The van der Waals surface area contributed by atoms with Gasteiger partial charge in [0.2, 0.25) is 0 Å². The molecule has 0 aromatic heterocycles. The molecule has 0 unspecified atom stereocenters. The van der Waals surface area contributed by atoms with Crippen molar-refractivity contribution in [3.8, 4) is 0 Å². The van der Waals surface area contributed by atoms with E-state index in [1.54, 1.807) is 0 Å². The van der Waals surface area contributed by atoms with Crippen LogP contribution in [-0.4, -0.2) is 27.3 Å². The van der Waals surface area contributed by atoms with Gasteiger partial charge >= 0.3 is 70.9 Å². The maximum Gasteiger partial charge on any atom is 2.00 e.